The predicted octanol–water partition coefficient (Wildman–Crippen LogP) is 3.58. The lowest BCUT2D eigenvalue weighted by atomic mass is 10.2. The first-order valence-electron chi connectivity index (χ1n) is 6.41. The van der Waals surface area contributed by atoms with Gasteiger partial charge in [0.2, 0.25) is 10.0 Å². The van der Waals surface area contributed by atoms with Gasteiger partial charge in [-0.25, -0.2) is 8.42 Å². The quantitative estimate of drug-likeness (QED) is 0.846. The van der Waals surface area contributed by atoms with E-state index in [1.807, 2.05) is 31.2 Å². The van der Waals surface area contributed by atoms with Crippen LogP contribution in [0, 0.1) is 6.92 Å². The number of para-hydroxylation sites is 1. The van der Waals surface area contributed by atoms with E-state index in [-0.39, 0.29) is 12.4 Å². The molecule has 0 aromatic heterocycles. The Labute approximate surface area is 133 Å². The van der Waals surface area contributed by atoms with Gasteiger partial charge >= 0.3 is 0 Å². The molecule has 21 heavy (non-hydrogen) atoms. The summed E-state index contributed by atoms with van der Waals surface area (Å²) in [4.78, 5) is 0. The van der Waals surface area contributed by atoms with Gasteiger partial charge in [-0.3, -0.25) is 4.72 Å². The van der Waals surface area contributed by atoms with Crippen LogP contribution >= 0.6 is 15.9 Å². The summed E-state index contributed by atoms with van der Waals surface area (Å²) < 4.78 is 32.8. The molecule has 2 rings (SSSR count). The van der Waals surface area contributed by atoms with E-state index in [0.717, 1.165) is 10.0 Å². The summed E-state index contributed by atoms with van der Waals surface area (Å²) in [6, 6.07) is 14.4. The van der Waals surface area contributed by atoms with Crippen molar-refractivity contribution in [3.63, 3.8) is 0 Å². The fourth-order valence-electron chi connectivity index (χ4n) is 1.72. The summed E-state index contributed by atoms with van der Waals surface area (Å²) in [5.74, 6) is 0.559. The highest BCUT2D eigenvalue weighted by Crippen LogP contribution is 2.20. The Bertz CT molecular complexity index is 702. The van der Waals surface area contributed by atoms with Crippen LogP contribution in [0.4, 0.5) is 5.69 Å². The van der Waals surface area contributed by atoms with Gasteiger partial charge in [-0.2, -0.15) is 0 Å². The molecule has 1 N–H and O–H groups in total. The summed E-state index contributed by atoms with van der Waals surface area (Å²) in [6.45, 7) is 2.01. The van der Waals surface area contributed by atoms with Gasteiger partial charge in [0.15, 0.2) is 0 Å². The Morgan fingerprint density at radius 3 is 2.52 bits per heavy atom. The third kappa shape index (κ3) is 5.06. The molecule has 0 saturated carbocycles. The van der Waals surface area contributed by atoms with E-state index in [1.54, 1.807) is 24.3 Å². The third-order valence-corrected chi connectivity index (χ3v) is 4.94. The monoisotopic (exact) mass is 369 g/mol. The largest absolute Gasteiger partial charge is 0.492 e. The number of hydrogen-bond donors (Lipinski definition) is 1. The van der Waals surface area contributed by atoms with Crippen LogP contribution in [0.3, 0.4) is 0 Å². The van der Waals surface area contributed by atoms with E-state index in [4.69, 9.17) is 4.74 Å². The van der Waals surface area contributed by atoms with Crippen molar-refractivity contribution < 1.29 is 13.2 Å². The highest BCUT2D eigenvalue weighted by atomic mass is 79.9. The molecule has 2 aromatic rings. The molecule has 0 amide bonds. The second-order valence-corrected chi connectivity index (χ2v) is 7.24. The van der Waals surface area contributed by atoms with E-state index in [2.05, 4.69) is 20.7 Å². The maximum Gasteiger partial charge on any atom is 0.236 e. The first-order valence-corrected chi connectivity index (χ1v) is 8.85. The Morgan fingerprint density at radius 2 is 1.86 bits per heavy atom. The van der Waals surface area contributed by atoms with Crippen molar-refractivity contribution in [3.8, 4) is 5.75 Å². The SMILES string of the molecule is Cc1cc(NS(=O)(=O)CCOc2ccccc2)ccc1Br. The van der Waals surface area contributed by atoms with E-state index in [1.165, 1.54) is 0 Å². The Balaban J connectivity index is 1.91. The van der Waals surface area contributed by atoms with Crippen LogP contribution < -0.4 is 9.46 Å². The Hall–Kier alpha value is -1.53. The van der Waals surface area contributed by atoms with Gasteiger partial charge in [0.1, 0.15) is 18.1 Å². The van der Waals surface area contributed by atoms with Crippen LogP contribution in [0.5, 0.6) is 5.75 Å². The molecule has 112 valence electrons. The molecule has 2 aromatic carbocycles. The molecule has 0 bridgehead atoms. The Kier molecular flexibility index (Phi) is 5.25. The number of halogens is 1. The van der Waals surface area contributed by atoms with Gasteiger partial charge in [0.25, 0.3) is 0 Å². The van der Waals surface area contributed by atoms with E-state index >= 15 is 0 Å². The van der Waals surface area contributed by atoms with Gasteiger partial charge in [0.05, 0.1) is 0 Å². The second-order valence-electron chi connectivity index (χ2n) is 4.55. The van der Waals surface area contributed by atoms with Crippen molar-refractivity contribution in [2.75, 3.05) is 17.1 Å². The number of nitrogens with one attached hydrogen (secondary N) is 1. The van der Waals surface area contributed by atoms with Crippen LogP contribution in [0.1, 0.15) is 5.56 Å². The van der Waals surface area contributed by atoms with Crippen molar-refractivity contribution in [2.24, 2.45) is 0 Å². The maximum absolute atomic E-state index is 12.0. The zero-order valence-electron chi connectivity index (χ0n) is 11.5. The van der Waals surface area contributed by atoms with Gasteiger partial charge < -0.3 is 4.74 Å². The van der Waals surface area contributed by atoms with Crippen molar-refractivity contribution in [2.45, 2.75) is 6.92 Å². The minimum atomic E-state index is -3.42. The third-order valence-electron chi connectivity index (χ3n) is 2.80. The van der Waals surface area contributed by atoms with Crippen molar-refractivity contribution in [1.82, 2.24) is 0 Å². The first kappa shape index (κ1) is 15.9. The van der Waals surface area contributed by atoms with Gasteiger partial charge in [-0.05, 0) is 42.8 Å². The summed E-state index contributed by atoms with van der Waals surface area (Å²) in [7, 11) is -3.42. The molecule has 0 saturated heterocycles. The second kappa shape index (κ2) is 6.95. The molecule has 0 heterocycles. The highest BCUT2D eigenvalue weighted by Gasteiger charge is 2.11. The van der Waals surface area contributed by atoms with E-state index < -0.39 is 10.0 Å². The fraction of sp³-hybridized carbons (Fsp3) is 0.200. The molecule has 0 aliphatic rings. The zero-order valence-corrected chi connectivity index (χ0v) is 13.9. The number of aryl methyl sites for hydroxylation is 1. The summed E-state index contributed by atoms with van der Waals surface area (Å²) in [5, 5.41) is 0. The molecule has 0 aliphatic carbocycles. The number of anilines is 1. The minimum Gasteiger partial charge on any atom is -0.492 e. The molecule has 4 nitrogen and oxygen atoms in total. The highest BCUT2D eigenvalue weighted by molar-refractivity contribution is 9.10. The topological polar surface area (TPSA) is 55.4 Å². The van der Waals surface area contributed by atoms with Crippen LogP contribution in [-0.2, 0) is 10.0 Å². The predicted molar refractivity (Wildman–Crippen MR) is 88.2 cm³/mol. The lowest BCUT2D eigenvalue weighted by molar-refractivity contribution is 0.341. The lowest BCUT2D eigenvalue weighted by Crippen LogP contribution is -2.21. The van der Waals surface area contributed by atoms with E-state index in [9.17, 15) is 8.42 Å². The molecule has 0 fully saturated rings. The molecule has 6 heteroatoms. The summed E-state index contributed by atoms with van der Waals surface area (Å²) in [5.41, 5.74) is 1.52. The smallest absolute Gasteiger partial charge is 0.236 e. The molecular weight excluding hydrogens is 354 g/mol. The first-order chi connectivity index (χ1) is 9.96. The van der Waals surface area contributed by atoms with Gasteiger partial charge in [0, 0.05) is 10.2 Å². The minimum absolute atomic E-state index is 0.100. The average Bonchev–Trinajstić information content (AvgIpc) is 2.43. The molecule has 0 aliphatic heterocycles. The van der Waals surface area contributed by atoms with Gasteiger partial charge in [-0.1, -0.05) is 34.1 Å². The lowest BCUT2D eigenvalue weighted by Gasteiger charge is -2.10. The number of rotatable bonds is 6. The number of sulfonamides is 1. The van der Waals surface area contributed by atoms with Crippen LogP contribution in [0.2, 0.25) is 0 Å². The van der Waals surface area contributed by atoms with Gasteiger partial charge in [-0.15, -0.1) is 0 Å². The molecular formula is C15H16BrNO3S. The van der Waals surface area contributed by atoms with Crippen LogP contribution in [0.25, 0.3) is 0 Å². The van der Waals surface area contributed by atoms with Crippen molar-refractivity contribution in [1.29, 1.82) is 0 Å². The maximum atomic E-state index is 12.0. The van der Waals surface area contributed by atoms with Crippen LogP contribution in [0.15, 0.2) is 53.0 Å². The van der Waals surface area contributed by atoms with Crippen molar-refractivity contribution in [3.05, 3.63) is 58.6 Å². The summed E-state index contributed by atoms with van der Waals surface area (Å²) >= 11 is 3.38. The molecule has 0 atom stereocenters. The Morgan fingerprint density at radius 1 is 1.14 bits per heavy atom. The molecule has 0 radical (unpaired) electrons. The van der Waals surface area contributed by atoms with E-state index in [0.29, 0.717) is 11.4 Å². The standard InChI is InChI=1S/C15H16BrNO3S/c1-12-11-13(7-8-15(12)16)17-21(18,19)10-9-20-14-5-3-2-4-6-14/h2-8,11,17H,9-10H2,1H3. The number of hydrogen-bond acceptors (Lipinski definition) is 3. The number of ether oxygens (including phenoxy) is 1. The normalized spacial score (nSPS) is 11.1. The average molecular weight is 370 g/mol. The molecule has 0 unspecified atom stereocenters. The van der Waals surface area contributed by atoms with Crippen molar-refractivity contribution >= 4 is 31.6 Å². The number of benzene rings is 2. The fourth-order valence-corrected chi connectivity index (χ4v) is 2.86. The zero-order chi connectivity index (χ0) is 15.3. The molecule has 0 spiro atoms. The van der Waals surface area contributed by atoms with Crippen LogP contribution in [-0.4, -0.2) is 20.8 Å². The summed E-state index contributed by atoms with van der Waals surface area (Å²) in [6.07, 6.45) is 0.